The second-order valence-corrected chi connectivity index (χ2v) is 12.2. The van der Waals surface area contributed by atoms with E-state index in [1.807, 2.05) is 24.3 Å². The first kappa shape index (κ1) is 28.3. The predicted octanol–water partition coefficient (Wildman–Crippen LogP) is 5.21. The lowest BCUT2D eigenvalue weighted by Gasteiger charge is -2.36. The number of hydrogen-bond acceptors (Lipinski definition) is 8. The fourth-order valence-corrected chi connectivity index (χ4v) is 5.16. The molecule has 3 heterocycles. The minimum atomic E-state index is -1.45. The van der Waals surface area contributed by atoms with E-state index >= 15 is 0 Å². The van der Waals surface area contributed by atoms with Crippen LogP contribution in [0.3, 0.4) is 0 Å². The van der Waals surface area contributed by atoms with Gasteiger partial charge in [-0.25, -0.2) is 4.39 Å². The van der Waals surface area contributed by atoms with E-state index in [1.54, 1.807) is 23.3 Å². The molecule has 1 atom stereocenters. The molecule has 0 aliphatic carbocycles. The highest BCUT2D eigenvalue weighted by atomic mass is 35.5. The normalized spacial score (nSPS) is 17.8. The Hall–Kier alpha value is -3.23. The molecule has 2 aliphatic rings. The van der Waals surface area contributed by atoms with Crippen molar-refractivity contribution in [3.63, 3.8) is 0 Å². The Morgan fingerprint density at radius 3 is 2.62 bits per heavy atom. The van der Waals surface area contributed by atoms with Gasteiger partial charge in [-0.2, -0.15) is 5.26 Å². The second kappa shape index (κ2) is 10.6. The lowest BCUT2D eigenvalue weighted by atomic mass is 9.69. The molecule has 1 aromatic heterocycles. The maximum absolute atomic E-state index is 14.8. The summed E-state index contributed by atoms with van der Waals surface area (Å²) in [7, 11) is 7.10. The SMILES string of the molecule is [B]C(Nc1cc(Cl)c2ncc(C#N)c(NCC(C)(C)C)c2c1)(C1=CN(CC2(F)COC2)NN1)c1ccccc1Cl. The number of rotatable bonds is 8. The summed E-state index contributed by atoms with van der Waals surface area (Å²) in [5.74, 6) is 0. The average Bonchev–Trinajstić information content (AvgIpc) is 3.35. The van der Waals surface area contributed by atoms with Gasteiger partial charge in [-0.3, -0.25) is 9.99 Å². The fraction of sp³-hybridized carbons (Fsp3) is 0.357. The number of fused-ring (bicyclic) bond motifs is 1. The van der Waals surface area contributed by atoms with Crippen LogP contribution in [0, 0.1) is 16.7 Å². The number of nitrogens with one attached hydrogen (secondary N) is 4. The number of alkyl halides is 1. The number of aromatic nitrogens is 1. The van der Waals surface area contributed by atoms with Gasteiger partial charge in [0.15, 0.2) is 5.67 Å². The summed E-state index contributed by atoms with van der Waals surface area (Å²) in [6, 6.07) is 13.0. The van der Waals surface area contributed by atoms with Gasteiger partial charge in [0, 0.05) is 35.0 Å². The maximum atomic E-state index is 14.8. The van der Waals surface area contributed by atoms with E-state index < -0.39 is 11.1 Å². The molecule has 40 heavy (non-hydrogen) atoms. The van der Waals surface area contributed by atoms with Crippen molar-refractivity contribution >= 4 is 53.3 Å². The number of benzene rings is 2. The molecule has 1 fully saturated rings. The number of nitrogens with zero attached hydrogens (tertiary/aromatic N) is 3. The number of halogens is 3. The van der Waals surface area contributed by atoms with Crippen LogP contribution in [-0.2, 0) is 10.2 Å². The molecule has 1 saturated heterocycles. The second-order valence-electron chi connectivity index (χ2n) is 11.4. The van der Waals surface area contributed by atoms with E-state index in [0.717, 1.165) is 0 Å². The van der Waals surface area contributed by atoms with E-state index in [0.29, 0.717) is 55.7 Å². The van der Waals surface area contributed by atoms with E-state index in [9.17, 15) is 9.65 Å². The third-order valence-electron chi connectivity index (χ3n) is 6.70. The smallest absolute Gasteiger partial charge is 0.176 e. The average molecular weight is 580 g/mol. The van der Waals surface area contributed by atoms with E-state index in [-0.39, 0.29) is 25.2 Å². The first-order chi connectivity index (χ1) is 18.9. The maximum Gasteiger partial charge on any atom is 0.176 e. The Bertz CT molecular complexity index is 1520. The zero-order valence-electron chi connectivity index (χ0n) is 22.4. The molecule has 0 amide bonds. The number of anilines is 2. The van der Waals surface area contributed by atoms with Crippen LogP contribution in [0.15, 0.2) is 54.5 Å². The van der Waals surface area contributed by atoms with Crippen molar-refractivity contribution < 1.29 is 9.13 Å². The van der Waals surface area contributed by atoms with Gasteiger partial charge in [-0.15, -0.1) is 5.53 Å². The Morgan fingerprint density at radius 2 is 1.98 bits per heavy atom. The highest BCUT2D eigenvalue weighted by molar-refractivity contribution is 6.36. The van der Waals surface area contributed by atoms with Crippen molar-refractivity contribution in [1.29, 1.82) is 5.26 Å². The number of hydrogen-bond donors (Lipinski definition) is 4. The summed E-state index contributed by atoms with van der Waals surface area (Å²) >= 11 is 13.4. The van der Waals surface area contributed by atoms with Gasteiger partial charge in [-0.05, 0) is 29.2 Å². The predicted molar refractivity (Wildman–Crippen MR) is 158 cm³/mol. The Morgan fingerprint density at radius 1 is 1.23 bits per heavy atom. The Labute approximate surface area is 244 Å². The van der Waals surface area contributed by atoms with Crippen molar-refractivity contribution in [2.24, 2.45) is 5.41 Å². The van der Waals surface area contributed by atoms with Crippen LogP contribution in [0.2, 0.25) is 10.0 Å². The largest absolute Gasteiger partial charge is 0.383 e. The van der Waals surface area contributed by atoms with Crippen LogP contribution >= 0.6 is 23.2 Å². The van der Waals surface area contributed by atoms with Crippen molar-refractivity contribution in [2.45, 2.75) is 31.9 Å². The minimum absolute atomic E-state index is 0.0325. The minimum Gasteiger partial charge on any atom is -0.383 e. The van der Waals surface area contributed by atoms with Gasteiger partial charge in [-0.1, -0.05) is 62.2 Å². The quantitative estimate of drug-likeness (QED) is 0.270. The van der Waals surface area contributed by atoms with Gasteiger partial charge in [0.05, 0.1) is 52.7 Å². The monoisotopic (exact) mass is 579 g/mol. The zero-order chi connectivity index (χ0) is 28.7. The third kappa shape index (κ3) is 5.65. The van der Waals surface area contributed by atoms with Gasteiger partial charge in [0.2, 0.25) is 0 Å². The topological polar surface area (TPSA) is 97.3 Å². The van der Waals surface area contributed by atoms with Crippen molar-refractivity contribution in [3.8, 4) is 6.07 Å². The highest BCUT2D eigenvalue weighted by Crippen LogP contribution is 2.39. The fourth-order valence-electron chi connectivity index (χ4n) is 4.61. The summed E-state index contributed by atoms with van der Waals surface area (Å²) in [5.41, 5.74) is 6.35. The molecule has 1 unspecified atom stereocenters. The van der Waals surface area contributed by atoms with Gasteiger partial charge < -0.3 is 20.8 Å². The molecule has 0 bridgehead atoms. The zero-order valence-corrected chi connectivity index (χ0v) is 23.9. The molecule has 0 spiro atoms. The first-order valence-corrected chi connectivity index (χ1v) is 13.5. The third-order valence-corrected chi connectivity index (χ3v) is 7.32. The summed E-state index contributed by atoms with van der Waals surface area (Å²) in [6.07, 6.45) is 3.21. The molecular formula is C28H29BCl2FN7O. The number of hydrazine groups is 2. The molecule has 3 aromatic rings. The standard InChI is InChI=1S/C28H29BCl2FN7O/c1-26(2,3)13-35-24-17(10-33)11-34-25-19(24)8-18(9-22(25)31)36-28(29,20-6-4-5-7-21(20)30)23-12-39(38-37-23)14-27(32)15-40-16-27/h4-9,11-12,36-38H,13-16H2,1-3H3,(H,34,35). The molecule has 5 rings (SSSR count). The summed E-state index contributed by atoms with van der Waals surface area (Å²) in [4.78, 5) is 4.44. The molecule has 0 saturated carbocycles. The molecule has 2 aromatic carbocycles. The van der Waals surface area contributed by atoms with Crippen molar-refractivity contribution in [3.05, 3.63) is 75.7 Å². The lowest BCUT2D eigenvalue weighted by Crippen LogP contribution is -2.55. The van der Waals surface area contributed by atoms with Crippen LogP contribution in [-0.4, -0.2) is 49.8 Å². The summed E-state index contributed by atoms with van der Waals surface area (Å²) in [5, 5.41) is 19.7. The van der Waals surface area contributed by atoms with Gasteiger partial charge >= 0.3 is 0 Å². The van der Waals surface area contributed by atoms with Crippen LogP contribution in [0.4, 0.5) is 15.8 Å². The number of nitriles is 1. The van der Waals surface area contributed by atoms with Gasteiger partial charge in [0.25, 0.3) is 0 Å². The Balaban J connectivity index is 1.58. The lowest BCUT2D eigenvalue weighted by molar-refractivity contribution is -0.140. The van der Waals surface area contributed by atoms with Gasteiger partial charge in [0.1, 0.15) is 13.9 Å². The molecule has 206 valence electrons. The molecule has 8 nitrogen and oxygen atoms in total. The first-order valence-electron chi connectivity index (χ1n) is 12.8. The van der Waals surface area contributed by atoms with Crippen LogP contribution in [0.5, 0.6) is 0 Å². The highest BCUT2D eigenvalue weighted by Gasteiger charge is 2.42. The molecule has 12 heteroatoms. The molecular weight excluding hydrogens is 551 g/mol. The van der Waals surface area contributed by atoms with Crippen LogP contribution in [0.25, 0.3) is 10.9 Å². The summed E-state index contributed by atoms with van der Waals surface area (Å²) in [6.45, 7) is 7.05. The number of ether oxygens (including phenoxy) is 1. The summed E-state index contributed by atoms with van der Waals surface area (Å²) < 4.78 is 19.8. The van der Waals surface area contributed by atoms with E-state index in [1.165, 1.54) is 6.20 Å². The van der Waals surface area contributed by atoms with E-state index in [4.69, 9.17) is 35.8 Å². The Kier molecular flexibility index (Phi) is 7.53. The molecule has 2 aliphatic heterocycles. The molecule has 4 N–H and O–H groups in total. The van der Waals surface area contributed by atoms with Crippen molar-refractivity contribution in [2.75, 3.05) is 36.9 Å². The van der Waals surface area contributed by atoms with Crippen LogP contribution in [0.1, 0.15) is 31.9 Å². The van der Waals surface area contributed by atoms with E-state index in [2.05, 4.69) is 53.4 Å². The van der Waals surface area contributed by atoms with Crippen molar-refractivity contribution in [1.82, 2.24) is 21.0 Å². The number of pyridine rings is 1. The van der Waals surface area contributed by atoms with Crippen LogP contribution < -0.4 is 21.6 Å². The molecule has 2 radical (unpaired) electrons.